The molecule has 0 saturated carbocycles. The van der Waals surface area contributed by atoms with E-state index in [0.717, 1.165) is 16.0 Å². The molecule has 62 valence electrons. The largest absolute Gasteiger partial charge is 0.248 e. The molecule has 0 radical (unpaired) electrons. The molecule has 0 saturated heterocycles. The molecule has 2 aromatic rings. The van der Waals surface area contributed by atoms with Gasteiger partial charge in [0.1, 0.15) is 10.3 Å². The van der Waals surface area contributed by atoms with Gasteiger partial charge in [0.2, 0.25) is 0 Å². The molecule has 12 heavy (non-hydrogen) atoms. The Morgan fingerprint density at radius 3 is 3.00 bits per heavy atom. The maximum Gasteiger partial charge on any atom is 0.141 e. The van der Waals surface area contributed by atoms with Gasteiger partial charge < -0.3 is 0 Å². The lowest BCUT2D eigenvalue weighted by Gasteiger charge is -2.01. The topological polar surface area (TPSA) is 25.8 Å². The van der Waals surface area contributed by atoms with E-state index in [0.29, 0.717) is 5.92 Å². The second-order valence-electron chi connectivity index (χ2n) is 3.06. The minimum Gasteiger partial charge on any atom is -0.248 e. The third kappa shape index (κ3) is 1.20. The molecule has 0 spiro atoms. The van der Waals surface area contributed by atoms with Crippen LogP contribution in [0.1, 0.15) is 25.5 Å². The zero-order valence-electron chi connectivity index (χ0n) is 7.11. The van der Waals surface area contributed by atoms with E-state index in [1.807, 2.05) is 17.6 Å². The van der Waals surface area contributed by atoms with Crippen LogP contribution in [0.25, 0.3) is 10.3 Å². The van der Waals surface area contributed by atoms with Crippen LogP contribution < -0.4 is 0 Å². The van der Waals surface area contributed by atoms with Crippen LogP contribution in [-0.4, -0.2) is 9.97 Å². The summed E-state index contributed by atoms with van der Waals surface area (Å²) in [6.45, 7) is 4.25. The van der Waals surface area contributed by atoms with Crippen LogP contribution >= 0.6 is 11.3 Å². The molecule has 0 aromatic carbocycles. The van der Waals surface area contributed by atoms with Gasteiger partial charge in [0, 0.05) is 0 Å². The number of hydrogen-bond donors (Lipinski definition) is 0. The summed E-state index contributed by atoms with van der Waals surface area (Å²) in [6.07, 6.45) is 1.86. The molecule has 0 N–H and O–H groups in total. The Labute approximate surface area is 75.3 Å². The Morgan fingerprint density at radius 2 is 2.25 bits per heavy atom. The highest BCUT2D eigenvalue weighted by Crippen LogP contribution is 2.18. The molecule has 0 aliphatic rings. The molecule has 0 aliphatic heterocycles. The van der Waals surface area contributed by atoms with Gasteiger partial charge in [-0.25, -0.2) is 9.97 Å². The van der Waals surface area contributed by atoms with Gasteiger partial charge in [-0.1, -0.05) is 13.8 Å². The third-order valence-corrected chi connectivity index (χ3v) is 2.59. The minimum absolute atomic E-state index is 0.460. The molecule has 2 heterocycles. The smallest absolute Gasteiger partial charge is 0.141 e. The summed E-state index contributed by atoms with van der Waals surface area (Å²) in [5.41, 5.74) is 2.09. The first-order valence-electron chi connectivity index (χ1n) is 3.97. The first-order valence-corrected chi connectivity index (χ1v) is 4.85. The Kier molecular flexibility index (Phi) is 1.81. The summed E-state index contributed by atoms with van der Waals surface area (Å²) in [7, 11) is 0. The van der Waals surface area contributed by atoms with Crippen LogP contribution in [0.2, 0.25) is 0 Å². The highest BCUT2D eigenvalue weighted by molar-refractivity contribution is 7.16. The van der Waals surface area contributed by atoms with Crippen LogP contribution in [0.5, 0.6) is 0 Å². The maximum atomic E-state index is 4.48. The summed E-state index contributed by atoms with van der Waals surface area (Å²) < 4.78 is 0. The van der Waals surface area contributed by atoms with Gasteiger partial charge in [-0.05, 0) is 17.4 Å². The van der Waals surface area contributed by atoms with E-state index in [-0.39, 0.29) is 0 Å². The van der Waals surface area contributed by atoms with Crippen molar-refractivity contribution in [1.29, 1.82) is 0 Å². The number of rotatable bonds is 1. The minimum atomic E-state index is 0.460. The van der Waals surface area contributed by atoms with E-state index >= 15 is 0 Å². The molecule has 2 rings (SSSR count). The molecule has 0 amide bonds. The normalized spacial score (nSPS) is 11.2. The summed E-state index contributed by atoms with van der Waals surface area (Å²) in [5, 5.41) is 2.02. The summed E-state index contributed by atoms with van der Waals surface area (Å²) in [6, 6.07) is 2.01. The highest BCUT2D eigenvalue weighted by atomic mass is 32.1. The van der Waals surface area contributed by atoms with E-state index < -0.39 is 0 Å². The molecule has 0 bridgehead atoms. The van der Waals surface area contributed by atoms with Crippen LogP contribution in [0.15, 0.2) is 17.6 Å². The fourth-order valence-electron chi connectivity index (χ4n) is 1.05. The SMILES string of the molecule is CC(C)c1cnc2sccc2n1. The van der Waals surface area contributed by atoms with E-state index in [4.69, 9.17) is 0 Å². The lowest BCUT2D eigenvalue weighted by molar-refractivity contribution is 0.822. The molecule has 0 unspecified atom stereocenters. The highest BCUT2D eigenvalue weighted by Gasteiger charge is 2.03. The number of fused-ring (bicyclic) bond motifs is 1. The lowest BCUT2D eigenvalue weighted by atomic mass is 10.1. The maximum absolute atomic E-state index is 4.48. The van der Waals surface area contributed by atoms with Gasteiger partial charge >= 0.3 is 0 Å². The van der Waals surface area contributed by atoms with Crippen molar-refractivity contribution in [3.63, 3.8) is 0 Å². The van der Waals surface area contributed by atoms with Gasteiger partial charge in [-0.2, -0.15) is 0 Å². The van der Waals surface area contributed by atoms with Crippen molar-refractivity contribution in [1.82, 2.24) is 9.97 Å². The molecule has 0 fully saturated rings. The average Bonchev–Trinajstić information content (AvgIpc) is 2.49. The quantitative estimate of drug-likeness (QED) is 0.671. The van der Waals surface area contributed by atoms with Crippen molar-refractivity contribution in [3.05, 3.63) is 23.3 Å². The number of aromatic nitrogens is 2. The standard InChI is InChI=1S/C9H10N2S/c1-6(2)8-5-10-9-7(11-8)3-4-12-9/h3-6H,1-2H3. The van der Waals surface area contributed by atoms with Crippen molar-refractivity contribution in [2.24, 2.45) is 0 Å². The van der Waals surface area contributed by atoms with Crippen molar-refractivity contribution in [2.45, 2.75) is 19.8 Å². The van der Waals surface area contributed by atoms with Crippen LogP contribution in [0.4, 0.5) is 0 Å². The van der Waals surface area contributed by atoms with Gasteiger partial charge in [0.15, 0.2) is 0 Å². The van der Waals surface area contributed by atoms with Gasteiger partial charge in [0.25, 0.3) is 0 Å². The zero-order valence-corrected chi connectivity index (χ0v) is 7.93. The van der Waals surface area contributed by atoms with E-state index in [1.54, 1.807) is 11.3 Å². The average molecular weight is 178 g/mol. The first-order chi connectivity index (χ1) is 5.77. The number of nitrogens with zero attached hydrogens (tertiary/aromatic N) is 2. The van der Waals surface area contributed by atoms with E-state index in [1.165, 1.54) is 0 Å². The summed E-state index contributed by atoms with van der Waals surface area (Å²) in [4.78, 5) is 9.83. The fraction of sp³-hybridized carbons (Fsp3) is 0.333. The Morgan fingerprint density at radius 1 is 1.42 bits per heavy atom. The fourth-order valence-corrected chi connectivity index (χ4v) is 1.72. The van der Waals surface area contributed by atoms with E-state index in [9.17, 15) is 0 Å². The lowest BCUT2D eigenvalue weighted by Crippen LogP contribution is -1.92. The summed E-state index contributed by atoms with van der Waals surface area (Å²) >= 11 is 1.63. The Balaban J connectivity index is 2.60. The molecule has 2 nitrogen and oxygen atoms in total. The van der Waals surface area contributed by atoms with Crippen molar-refractivity contribution in [3.8, 4) is 0 Å². The molecule has 0 aliphatic carbocycles. The van der Waals surface area contributed by atoms with Crippen molar-refractivity contribution in [2.75, 3.05) is 0 Å². The molecule has 0 atom stereocenters. The predicted molar refractivity (Wildman–Crippen MR) is 51.5 cm³/mol. The van der Waals surface area contributed by atoms with Crippen LogP contribution in [0, 0.1) is 0 Å². The van der Waals surface area contributed by atoms with Gasteiger partial charge in [-0.3, -0.25) is 0 Å². The monoisotopic (exact) mass is 178 g/mol. The molecular weight excluding hydrogens is 168 g/mol. The Hall–Kier alpha value is -0.960. The molecule has 3 heteroatoms. The second kappa shape index (κ2) is 2.83. The van der Waals surface area contributed by atoms with Crippen molar-refractivity contribution >= 4 is 21.7 Å². The van der Waals surface area contributed by atoms with Gasteiger partial charge in [0.05, 0.1) is 11.9 Å². The Bertz CT molecular complexity index is 392. The molecular formula is C9H10N2S. The number of hydrogen-bond acceptors (Lipinski definition) is 3. The molecule has 2 aromatic heterocycles. The third-order valence-electron chi connectivity index (χ3n) is 1.78. The van der Waals surface area contributed by atoms with Crippen LogP contribution in [-0.2, 0) is 0 Å². The first kappa shape index (κ1) is 7.68. The van der Waals surface area contributed by atoms with E-state index in [2.05, 4.69) is 23.8 Å². The summed E-state index contributed by atoms with van der Waals surface area (Å²) in [5.74, 6) is 0.460. The zero-order chi connectivity index (χ0) is 8.55. The predicted octanol–water partition coefficient (Wildman–Crippen LogP) is 2.81. The van der Waals surface area contributed by atoms with Crippen molar-refractivity contribution < 1.29 is 0 Å². The van der Waals surface area contributed by atoms with Gasteiger partial charge in [-0.15, -0.1) is 11.3 Å². The van der Waals surface area contributed by atoms with Crippen LogP contribution in [0.3, 0.4) is 0 Å². The number of thiophene rings is 1. The second-order valence-corrected chi connectivity index (χ2v) is 3.96.